The number of carboxylic acid groups (broad SMARTS) is 1. The fraction of sp³-hybridized carbons (Fsp3) is 0.391. The van der Waals surface area contributed by atoms with Crippen molar-refractivity contribution in [2.75, 3.05) is 13.2 Å². The summed E-state index contributed by atoms with van der Waals surface area (Å²) in [6.07, 6.45) is -3.76. The number of benzene rings is 2. The second-order valence-electron chi connectivity index (χ2n) is 7.55. The van der Waals surface area contributed by atoms with Crippen molar-refractivity contribution in [3.63, 3.8) is 0 Å². The van der Waals surface area contributed by atoms with E-state index in [1.165, 1.54) is 6.92 Å². The molecule has 2 aromatic rings. The largest absolute Gasteiger partial charge is 0.480 e. The third-order valence-corrected chi connectivity index (χ3v) is 5.18. The maximum Gasteiger partial charge on any atom is 0.329 e. The number of fused-ring (bicyclic) bond motifs is 1. The minimum absolute atomic E-state index is 0.179. The van der Waals surface area contributed by atoms with Crippen LogP contribution < -0.4 is 10.1 Å². The number of nitrogens with one attached hydrogen (secondary N) is 1. The first-order valence-electron chi connectivity index (χ1n) is 10.3. The monoisotopic (exact) mass is 443 g/mol. The quantitative estimate of drug-likeness (QED) is 0.667. The van der Waals surface area contributed by atoms with E-state index in [0.29, 0.717) is 5.75 Å². The maximum atomic E-state index is 12.0. The summed E-state index contributed by atoms with van der Waals surface area (Å²) in [5.74, 6) is -0.945. The Labute approximate surface area is 185 Å². The van der Waals surface area contributed by atoms with Crippen molar-refractivity contribution in [1.29, 1.82) is 0 Å². The van der Waals surface area contributed by atoms with Gasteiger partial charge in [0.1, 0.15) is 36.7 Å². The number of amides is 1. The van der Waals surface area contributed by atoms with Crippen LogP contribution >= 0.6 is 0 Å². The summed E-state index contributed by atoms with van der Waals surface area (Å²) < 4.78 is 29.9. The molecule has 2 N–H and O–H groups in total. The predicted molar refractivity (Wildman–Crippen MR) is 111 cm³/mol. The summed E-state index contributed by atoms with van der Waals surface area (Å²) in [6, 6.07) is 17.5. The highest BCUT2D eigenvalue weighted by atomic mass is 16.8. The van der Waals surface area contributed by atoms with Gasteiger partial charge in [0.25, 0.3) is 0 Å². The molecule has 4 rings (SSSR count). The van der Waals surface area contributed by atoms with Crippen LogP contribution in [0, 0.1) is 0 Å². The van der Waals surface area contributed by atoms with Crippen molar-refractivity contribution < 1.29 is 38.4 Å². The Hall–Kier alpha value is -2.98. The lowest BCUT2D eigenvalue weighted by molar-refractivity contribution is -0.337. The van der Waals surface area contributed by atoms with Crippen LogP contribution in [0.2, 0.25) is 0 Å². The zero-order valence-electron chi connectivity index (χ0n) is 17.5. The Balaban J connectivity index is 1.61. The standard InChI is InChI=1S/C23H25NO8/c1-14(25)24-19-21(28-13-18(26)27)20-17(31-23(19)30-16-10-6-3-7-11-16)12-29-22(32-20)15-8-4-2-5-9-15/h2-11,17,19-23H,12-13H2,1H3,(H,24,25)(H,26,27)/t17-,19+,20-,21-,22+,23-/m1/s1. The lowest BCUT2D eigenvalue weighted by Gasteiger charge is -2.49. The highest BCUT2D eigenvalue weighted by molar-refractivity contribution is 5.73. The van der Waals surface area contributed by atoms with Gasteiger partial charge in [-0.3, -0.25) is 4.79 Å². The highest BCUT2D eigenvalue weighted by Crippen LogP contribution is 2.36. The number of aliphatic carboxylic acids is 1. The minimum Gasteiger partial charge on any atom is -0.480 e. The molecule has 32 heavy (non-hydrogen) atoms. The average molecular weight is 443 g/mol. The number of ether oxygens (including phenoxy) is 5. The number of carbonyl (C=O) groups excluding carboxylic acids is 1. The van der Waals surface area contributed by atoms with Crippen LogP contribution in [-0.4, -0.2) is 60.8 Å². The first-order chi connectivity index (χ1) is 15.5. The Morgan fingerprint density at radius 3 is 2.41 bits per heavy atom. The van der Waals surface area contributed by atoms with Gasteiger partial charge in [0, 0.05) is 12.5 Å². The average Bonchev–Trinajstić information content (AvgIpc) is 2.79. The third-order valence-electron chi connectivity index (χ3n) is 5.18. The number of para-hydroxylation sites is 1. The summed E-state index contributed by atoms with van der Waals surface area (Å²) in [4.78, 5) is 23.2. The van der Waals surface area contributed by atoms with Gasteiger partial charge in [-0.15, -0.1) is 0 Å². The number of hydrogen-bond donors (Lipinski definition) is 2. The maximum absolute atomic E-state index is 12.0. The van der Waals surface area contributed by atoms with E-state index in [1.807, 2.05) is 48.5 Å². The van der Waals surface area contributed by atoms with E-state index < -0.39 is 49.5 Å². The molecule has 0 spiro atoms. The van der Waals surface area contributed by atoms with Crippen LogP contribution in [0.1, 0.15) is 18.8 Å². The Morgan fingerprint density at radius 2 is 1.75 bits per heavy atom. The van der Waals surface area contributed by atoms with Crippen molar-refractivity contribution in [2.24, 2.45) is 0 Å². The molecule has 2 aliphatic heterocycles. The Bertz CT molecular complexity index is 909. The van der Waals surface area contributed by atoms with Crippen molar-refractivity contribution in [3.05, 3.63) is 66.2 Å². The predicted octanol–water partition coefficient (Wildman–Crippen LogP) is 1.88. The summed E-state index contributed by atoms with van der Waals surface area (Å²) in [5.41, 5.74) is 0.807. The molecule has 2 aromatic carbocycles. The molecule has 9 heteroatoms. The number of carbonyl (C=O) groups is 2. The van der Waals surface area contributed by atoms with Gasteiger partial charge in [-0.2, -0.15) is 0 Å². The van der Waals surface area contributed by atoms with E-state index in [-0.39, 0.29) is 12.5 Å². The number of rotatable bonds is 7. The topological polar surface area (TPSA) is 113 Å². The second-order valence-corrected chi connectivity index (χ2v) is 7.55. The molecule has 0 bridgehead atoms. The Kier molecular flexibility index (Phi) is 7.01. The fourth-order valence-electron chi connectivity index (χ4n) is 3.84. The molecule has 0 aliphatic carbocycles. The molecular weight excluding hydrogens is 418 g/mol. The minimum atomic E-state index is -1.14. The van der Waals surface area contributed by atoms with Crippen molar-refractivity contribution >= 4 is 11.9 Å². The third kappa shape index (κ3) is 5.25. The zero-order valence-corrected chi connectivity index (χ0v) is 17.5. The van der Waals surface area contributed by atoms with Gasteiger partial charge < -0.3 is 34.1 Å². The van der Waals surface area contributed by atoms with Crippen LogP contribution in [0.4, 0.5) is 0 Å². The second kappa shape index (κ2) is 10.1. The van der Waals surface area contributed by atoms with Crippen molar-refractivity contribution in [2.45, 2.75) is 43.9 Å². The van der Waals surface area contributed by atoms with E-state index in [9.17, 15) is 14.7 Å². The van der Waals surface area contributed by atoms with Gasteiger partial charge >= 0.3 is 5.97 Å². The zero-order chi connectivity index (χ0) is 22.5. The molecule has 2 fully saturated rings. The van der Waals surface area contributed by atoms with Gasteiger partial charge in [0.05, 0.1) is 6.61 Å². The summed E-state index contributed by atoms with van der Waals surface area (Å²) in [6.45, 7) is 0.971. The van der Waals surface area contributed by atoms with Gasteiger partial charge in [-0.05, 0) is 12.1 Å². The van der Waals surface area contributed by atoms with Crippen molar-refractivity contribution in [1.82, 2.24) is 5.32 Å². The van der Waals surface area contributed by atoms with Crippen LogP contribution in [0.25, 0.3) is 0 Å². The van der Waals surface area contributed by atoms with E-state index in [2.05, 4.69) is 5.32 Å². The SMILES string of the molecule is CC(=O)N[C@@H]1[C@H](Oc2ccccc2)O[C@@H]2CO[C@H](c3ccccc3)O[C@H]2[C@@H]1OCC(=O)O. The van der Waals surface area contributed by atoms with Crippen LogP contribution in [0.5, 0.6) is 5.75 Å². The molecule has 2 saturated heterocycles. The van der Waals surface area contributed by atoms with Gasteiger partial charge in [-0.25, -0.2) is 4.79 Å². The number of hydrogen-bond acceptors (Lipinski definition) is 7. The molecule has 2 aliphatic rings. The molecule has 0 aromatic heterocycles. The summed E-state index contributed by atoms with van der Waals surface area (Å²) in [5, 5.41) is 12.0. The van der Waals surface area contributed by atoms with Crippen LogP contribution in [0.3, 0.4) is 0 Å². The molecule has 0 radical (unpaired) electrons. The normalized spacial score (nSPS) is 29.5. The van der Waals surface area contributed by atoms with E-state index in [4.69, 9.17) is 23.7 Å². The van der Waals surface area contributed by atoms with Gasteiger partial charge in [0.15, 0.2) is 6.29 Å². The van der Waals surface area contributed by atoms with Crippen LogP contribution in [-0.2, 0) is 28.5 Å². The molecule has 1 amide bonds. The number of carboxylic acids is 1. The molecule has 9 nitrogen and oxygen atoms in total. The van der Waals surface area contributed by atoms with E-state index in [0.717, 1.165) is 5.56 Å². The molecule has 6 atom stereocenters. The van der Waals surface area contributed by atoms with Crippen molar-refractivity contribution in [3.8, 4) is 5.75 Å². The lowest BCUT2D eigenvalue weighted by atomic mass is 9.95. The van der Waals surface area contributed by atoms with E-state index in [1.54, 1.807) is 12.1 Å². The molecule has 0 saturated carbocycles. The van der Waals surface area contributed by atoms with E-state index >= 15 is 0 Å². The summed E-state index contributed by atoms with van der Waals surface area (Å²) >= 11 is 0. The Morgan fingerprint density at radius 1 is 1.06 bits per heavy atom. The molecule has 2 heterocycles. The molecule has 0 unspecified atom stereocenters. The summed E-state index contributed by atoms with van der Waals surface area (Å²) in [7, 11) is 0. The van der Waals surface area contributed by atoms with Crippen LogP contribution in [0.15, 0.2) is 60.7 Å². The highest BCUT2D eigenvalue weighted by Gasteiger charge is 2.52. The fourth-order valence-corrected chi connectivity index (χ4v) is 3.84. The first-order valence-corrected chi connectivity index (χ1v) is 10.3. The van der Waals surface area contributed by atoms with Gasteiger partial charge in [0.2, 0.25) is 12.2 Å². The van der Waals surface area contributed by atoms with Gasteiger partial charge in [-0.1, -0.05) is 48.5 Å². The first kappa shape index (κ1) is 22.2. The lowest BCUT2D eigenvalue weighted by Crippen LogP contribution is -2.68. The molecule has 170 valence electrons. The smallest absolute Gasteiger partial charge is 0.329 e. The molecular formula is C23H25NO8.